The molecule has 74 valence electrons. The Morgan fingerprint density at radius 2 is 2.08 bits per heavy atom. The zero-order valence-corrected chi connectivity index (χ0v) is 8.77. The third kappa shape index (κ3) is 3.78. The third-order valence-corrected chi connectivity index (χ3v) is 2.89. The maximum absolute atomic E-state index is 8.35. The molecule has 2 nitrogen and oxygen atoms in total. The molecule has 1 aliphatic rings. The number of unbranched alkanes of at least 4 members (excludes halogenated alkanes) is 2. The van der Waals surface area contributed by atoms with E-state index in [0.717, 1.165) is 25.3 Å². The number of nitrogens with one attached hydrogen (secondary N) is 1. The summed E-state index contributed by atoms with van der Waals surface area (Å²) >= 11 is 0. The van der Waals surface area contributed by atoms with Gasteiger partial charge in [0.05, 0.1) is 6.07 Å². The van der Waals surface area contributed by atoms with E-state index in [9.17, 15) is 0 Å². The van der Waals surface area contributed by atoms with Gasteiger partial charge in [-0.1, -0.05) is 0 Å². The Labute approximate surface area is 81.3 Å². The second-order valence-electron chi connectivity index (χ2n) is 4.54. The van der Waals surface area contributed by atoms with Crippen LogP contribution < -0.4 is 5.32 Å². The molecular formula is C11H20N2. The van der Waals surface area contributed by atoms with Gasteiger partial charge in [-0.15, -0.1) is 0 Å². The second kappa shape index (κ2) is 4.62. The van der Waals surface area contributed by atoms with Gasteiger partial charge in [0.1, 0.15) is 0 Å². The average molecular weight is 180 g/mol. The highest BCUT2D eigenvalue weighted by Gasteiger charge is 2.36. The standard InChI is InChI=1S/C11H20N2/c1-11(2,10-6-7-10)13-9-5-3-4-8-12/h10,13H,3-7,9H2,1-2H3. The molecule has 0 spiro atoms. The summed E-state index contributed by atoms with van der Waals surface area (Å²) < 4.78 is 0. The summed E-state index contributed by atoms with van der Waals surface area (Å²) in [6, 6.07) is 2.17. The normalized spacial score (nSPS) is 17.0. The molecule has 13 heavy (non-hydrogen) atoms. The Kier molecular flexibility index (Phi) is 3.74. The van der Waals surface area contributed by atoms with Crippen molar-refractivity contribution < 1.29 is 0 Å². The van der Waals surface area contributed by atoms with Crippen molar-refractivity contribution >= 4 is 0 Å². The molecular weight excluding hydrogens is 160 g/mol. The molecule has 0 atom stereocenters. The molecule has 2 heteroatoms. The average Bonchev–Trinajstić information content (AvgIpc) is 2.86. The maximum Gasteiger partial charge on any atom is 0.0621 e. The summed E-state index contributed by atoms with van der Waals surface area (Å²) in [6.07, 6.45) is 5.63. The summed E-state index contributed by atoms with van der Waals surface area (Å²) in [5.41, 5.74) is 0.326. The maximum atomic E-state index is 8.35. The lowest BCUT2D eigenvalue weighted by Gasteiger charge is -2.26. The fourth-order valence-corrected chi connectivity index (χ4v) is 1.69. The summed E-state index contributed by atoms with van der Waals surface area (Å²) in [5.74, 6) is 0.892. The van der Waals surface area contributed by atoms with Crippen molar-refractivity contribution in [1.82, 2.24) is 5.32 Å². The Bertz CT molecular complexity index is 187. The first kappa shape index (κ1) is 10.5. The largest absolute Gasteiger partial charge is 0.312 e. The van der Waals surface area contributed by atoms with Crippen LogP contribution in [0.2, 0.25) is 0 Å². The lowest BCUT2D eigenvalue weighted by Crippen LogP contribution is -2.41. The molecule has 0 aliphatic heterocycles. The van der Waals surface area contributed by atoms with E-state index >= 15 is 0 Å². The highest BCUT2D eigenvalue weighted by molar-refractivity contribution is 4.94. The summed E-state index contributed by atoms with van der Waals surface area (Å²) in [7, 11) is 0. The zero-order valence-electron chi connectivity index (χ0n) is 8.77. The molecule has 1 N–H and O–H groups in total. The van der Waals surface area contributed by atoms with Gasteiger partial charge in [-0.25, -0.2) is 0 Å². The van der Waals surface area contributed by atoms with E-state index in [1.165, 1.54) is 12.8 Å². The molecule has 1 rings (SSSR count). The van der Waals surface area contributed by atoms with Gasteiger partial charge in [0.2, 0.25) is 0 Å². The van der Waals surface area contributed by atoms with Crippen LogP contribution in [0.3, 0.4) is 0 Å². The van der Waals surface area contributed by atoms with Crippen LogP contribution in [0, 0.1) is 17.2 Å². The molecule has 0 aromatic rings. The lowest BCUT2D eigenvalue weighted by molar-refractivity contribution is 0.339. The Balaban J connectivity index is 2.01. The van der Waals surface area contributed by atoms with Crippen LogP contribution in [0.4, 0.5) is 0 Å². The van der Waals surface area contributed by atoms with Gasteiger partial charge in [0.25, 0.3) is 0 Å². The van der Waals surface area contributed by atoms with Crippen molar-refractivity contribution in [3.63, 3.8) is 0 Å². The number of hydrogen-bond donors (Lipinski definition) is 1. The van der Waals surface area contributed by atoms with E-state index in [1.807, 2.05) is 0 Å². The van der Waals surface area contributed by atoms with E-state index in [4.69, 9.17) is 5.26 Å². The van der Waals surface area contributed by atoms with E-state index in [-0.39, 0.29) is 0 Å². The van der Waals surface area contributed by atoms with E-state index in [1.54, 1.807) is 0 Å². The van der Waals surface area contributed by atoms with Crippen LogP contribution >= 0.6 is 0 Å². The van der Waals surface area contributed by atoms with Crippen LogP contribution in [0.1, 0.15) is 46.0 Å². The van der Waals surface area contributed by atoms with Crippen LogP contribution in [-0.2, 0) is 0 Å². The molecule has 0 aromatic carbocycles. The summed E-state index contributed by atoms with van der Waals surface area (Å²) in [4.78, 5) is 0. The highest BCUT2D eigenvalue weighted by atomic mass is 15.0. The van der Waals surface area contributed by atoms with E-state index < -0.39 is 0 Å². The number of nitrogens with zero attached hydrogens (tertiary/aromatic N) is 1. The van der Waals surface area contributed by atoms with Crippen LogP contribution in [0.15, 0.2) is 0 Å². The molecule has 0 radical (unpaired) electrons. The molecule has 1 aliphatic carbocycles. The minimum absolute atomic E-state index is 0.326. The topological polar surface area (TPSA) is 35.8 Å². The van der Waals surface area contributed by atoms with Crippen molar-refractivity contribution in [2.75, 3.05) is 6.54 Å². The molecule has 0 aromatic heterocycles. The highest BCUT2D eigenvalue weighted by Crippen LogP contribution is 2.39. The number of nitriles is 1. The quantitative estimate of drug-likeness (QED) is 0.637. The Morgan fingerprint density at radius 3 is 2.62 bits per heavy atom. The molecule has 0 amide bonds. The zero-order chi connectivity index (χ0) is 9.73. The van der Waals surface area contributed by atoms with Crippen LogP contribution in [0.5, 0.6) is 0 Å². The SMILES string of the molecule is CC(C)(NCCCCC#N)C1CC1. The predicted octanol–water partition coefficient (Wildman–Crippen LogP) is 2.46. The summed E-state index contributed by atoms with van der Waals surface area (Å²) in [5, 5.41) is 11.9. The second-order valence-corrected chi connectivity index (χ2v) is 4.54. The first-order valence-electron chi connectivity index (χ1n) is 5.29. The summed E-state index contributed by atoms with van der Waals surface area (Å²) in [6.45, 7) is 5.63. The van der Waals surface area contributed by atoms with Crippen molar-refractivity contribution in [1.29, 1.82) is 5.26 Å². The van der Waals surface area contributed by atoms with Crippen LogP contribution in [0.25, 0.3) is 0 Å². The number of hydrogen-bond acceptors (Lipinski definition) is 2. The van der Waals surface area contributed by atoms with Gasteiger partial charge in [-0.3, -0.25) is 0 Å². The van der Waals surface area contributed by atoms with E-state index in [2.05, 4.69) is 25.2 Å². The monoisotopic (exact) mass is 180 g/mol. The molecule has 0 bridgehead atoms. The fraction of sp³-hybridized carbons (Fsp3) is 0.909. The van der Waals surface area contributed by atoms with Crippen molar-refractivity contribution in [3.8, 4) is 6.07 Å². The third-order valence-electron chi connectivity index (χ3n) is 2.89. The van der Waals surface area contributed by atoms with Gasteiger partial charge in [0.15, 0.2) is 0 Å². The number of rotatable bonds is 6. The Morgan fingerprint density at radius 1 is 1.38 bits per heavy atom. The molecule has 0 heterocycles. The van der Waals surface area contributed by atoms with Crippen molar-refractivity contribution in [3.05, 3.63) is 0 Å². The van der Waals surface area contributed by atoms with Gasteiger partial charge >= 0.3 is 0 Å². The fourth-order valence-electron chi connectivity index (χ4n) is 1.69. The predicted molar refractivity (Wildman–Crippen MR) is 54.3 cm³/mol. The van der Waals surface area contributed by atoms with Gasteiger partial charge in [-0.05, 0) is 52.0 Å². The van der Waals surface area contributed by atoms with Crippen LogP contribution in [-0.4, -0.2) is 12.1 Å². The van der Waals surface area contributed by atoms with Crippen molar-refractivity contribution in [2.45, 2.75) is 51.5 Å². The van der Waals surface area contributed by atoms with Gasteiger partial charge in [-0.2, -0.15) is 5.26 Å². The Hall–Kier alpha value is -0.550. The molecule has 0 unspecified atom stereocenters. The first-order chi connectivity index (χ1) is 6.17. The van der Waals surface area contributed by atoms with E-state index in [0.29, 0.717) is 12.0 Å². The van der Waals surface area contributed by atoms with Gasteiger partial charge in [0, 0.05) is 12.0 Å². The molecule has 1 saturated carbocycles. The minimum Gasteiger partial charge on any atom is -0.312 e. The minimum atomic E-state index is 0.326. The van der Waals surface area contributed by atoms with Gasteiger partial charge < -0.3 is 5.32 Å². The molecule has 0 saturated heterocycles. The molecule has 1 fully saturated rings. The smallest absolute Gasteiger partial charge is 0.0621 e. The lowest BCUT2D eigenvalue weighted by atomic mass is 9.98. The first-order valence-corrected chi connectivity index (χ1v) is 5.29. The van der Waals surface area contributed by atoms with Crippen molar-refractivity contribution in [2.24, 2.45) is 5.92 Å².